The summed E-state index contributed by atoms with van der Waals surface area (Å²) < 4.78 is 12.3. The van der Waals surface area contributed by atoms with Gasteiger partial charge in [0.25, 0.3) is 0 Å². The summed E-state index contributed by atoms with van der Waals surface area (Å²) in [5, 5.41) is 0. The van der Waals surface area contributed by atoms with Crippen LogP contribution in [0.15, 0.2) is 22.7 Å². The predicted molar refractivity (Wildman–Crippen MR) is 72.3 cm³/mol. The normalized spacial score (nSPS) is 17.1. The Kier molecular flexibility index (Phi) is 4.86. The van der Waals surface area contributed by atoms with E-state index in [0.717, 1.165) is 48.4 Å². The second-order valence-electron chi connectivity index (χ2n) is 4.34. The maximum atomic E-state index is 5.93. The zero-order chi connectivity index (χ0) is 12.1. The van der Waals surface area contributed by atoms with Crippen molar-refractivity contribution in [2.24, 2.45) is 5.92 Å². The van der Waals surface area contributed by atoms with Gasteiger partial charge in [-0.15, -0.1) is 0 Å². The highest BCUT2D eigenvalue weighted by Crippen LogP contribution is 2.26. The Morgan fingerprint density at radius 1 is 1.41 bits per heavy atom. The summed E-state index contributed by atoms with van der Waals surface area (Å²) in [6.07, 6.45) is 4.30. The van der Waals surface area contributed by atoms with Gasteiger partial charge in [0.05, 0.1) is 6.61 Å². The minimum atomic E-state index is 0.632. The van der Waals surface area contributed by atoms with E-state index in [-0.39, 0.29) is 0 Å². The standard InChI is InChI=1S/C14H18BrO2/c1-2-12-3-4-13(15)9-14(12)17-10-11-5-7-16-8-6-11/h2-4,9,11H,5-8,10H2,1H3. The van der Waals surface area contributed by atoms with Gasteiger partial charge in [-0.3, -0.25) is 0 Å². The first kappa shape index (κ1) is 12.9. The lowest BCUT2D eigenvalue weighted by Gasteiger charge is -2.22. The van der Waals surface area contributed by atoms with E-state index >= 15 is 0 Å². The van der Waals surface area contributed by atoms with E-state index in [1.54, 1.807) is 0 Å². The topological polar surface area (TPSA) is 18.5 Å². The highest BCUT2D eigenvalue weighted by molar-refractivity contribution is 9.10. The van der Waals surface area contributed by atoms with Crippen molar-refractivity contribution >= 4 is 15.9 Å². The molecule has 2 nitrogen and oxygen atoms in total. The van der Waals surface area contributed by atoms with Crippen molar-refractivity contribution in [3.63, 3.8) is 0 Å². The lowest BCUT2D eigenvalue weighted by Crippen LogP contribution is -2.21. The van der Waals surface area contributed by atoms with Gasteiger partial charge in [0, 0.05) is 17.7 Å². The van der Waals surface area contributed by atoms with Gasteiger partial charge in [-0.05, 0) is 42.9 Å². The minimum Gasteiger partial charge on any atom is -0.493 e. The molecule has 3 heteroatoms. The first-order valence-electron chi connectivity index (χ1n) is 6.09. The molecule has 1 fully saturated rings. The highest BCUT2D eigenvalue weighted by atomic mass is 79.9. The summed E-state index contributed by atoms with van der Waals surface area (Å²) in [7, 11) is 0. The third kappa shape index (κ3) is 3.71. The fourth-order valence-electron chi connectivity index (χ4n) is 1.99. The quantitative estimate of drug-likeness (QED) is 0.841. The predicted octanol–water partition coefficient (Wildman–Crippen LogP) is 3.83. The average Bonchev–Trinajstić information content (AvgIpc) is 2.38. The summed E-state index contributed by atoms with van der Waals surface area (Å²) in [4.78, 5) is 0. The van der Waals surface area contributed by atoms with Gasteiger partial charge in [-0.2, -0.15) is 0 Å². The molecular weight excluding hydrogens is 280 g/mol. The molecule has 0 aromatic heterocycles. The third-order valence-corrected chi connectivity index (χ3v) is 3.60. The Bertz CT molecular complexity index is 359. The second-order valence-corrected chi connectivity index (χ2v) is 5.25. The lowest BCUT2D eigenvalue weighted by molar-refractivity contribution is 0.0497. The molecule has 0 atom stereocenters. The van der Waals surface area contributed by atoms with Crippen LogP contribution in [0.2, 0.25) is 0 Å². The SMILES string of the molecule is C[CH]c1ccc(Br)cc1OCC1CCOCC1. The van der Waals surface area contributed by atoms with Crippen molar-refractivity contribution in [1.82, 2.24) is 0 Å². The van der Waals surface area contributed by atoms with Crippen molar-refractivity contribution < 1.29 is 9.47 Å². The molecule has 0 bridgehead atoms. The third-order valence-electron chi connectivity index (χ3n) is 3.10. The monoisotopic (exact) mass is 297 g/mol. The molecule has 0 spiro atoms. The van der Waals surface area contributed by atoms with Crippen LogP contribution in [0.25, 0.3) is 0 Å². The lowest BCUT2D eigenvalue weighted by atomic mass is 10.0. The first-order chi connectivity index (χ1) is 8.29. The Labute approximate surface area is 111 Å². The van der Waals surface area contributed by atoms with Crippen molar-refractivity contribution in [2.45, 2.75) is 19.8 Å². The molecule has 0 saturated carbocycles. The van der Waals surface area contributed by atoms with Crippen LogP contribution in [-0.4, -0.2) is 19.8 Å². The fourth-order valence-corrected chi connectivity index (χ4v) is 2.33. The van der Waals surface area contributed by atoms with E-state index in [1.165, 1.54) is 0 Å². The molecule has 1 radical (unpaired) electrons. The van der Waals surface area contributed by atoms with Crippen LogP contribution in [0.3, 0.4) is 0 Å². The molecule has 1 heterocycles. The zero-order valence-corrected chi connectivity index (χ0v) is 11.7. The molecule has 1 aromatic rings. The second kappa shape index (κ2) is 6.41. The smallest absolute Gasteiger partial charge is 0.123 e. The van der Waals surface area contributed by atoms with Gasteiger partial charge in [0.1, 0.15) is 5.75 Å². The van der Waals surface area contributed by atoms with Crippen molar-refractivity contribution in [1.29, 1.82) is 0 Å². The van der Waals surface area contributed by atoms with Crippen molar-refractivity contribution in [3.05, 3.63) is 34.7 Å². The molecule has 93 valence electrons. The molecule has 2 rings (SSSR count). The maximum Gasteiger partial charge on any atom is 0.123 e. The van der Waals surface area contributed by atoms with Crippen LogP contribution >= 0.6 is 15.9 Å². The van der Waals surface area contributed by atoms with Gasteiger partial charge < -0.3 is 9.47 Å². The first-order valence-corrected chi connectivity index (χ1v) is 6.88. The van der Waals surface area contributed by atoms with E-state index < -0.39 is 0 Å². The largest absolute Gasteiger partial charge is 0.493 e. The van der Waals surface area contributed by atoms with E-state index in [0.29, 0.717) is 5.92 Å². The van der Waals surface area contributed by atoms with Gasteiger partial charge >= 0.3 is 0 Å². The van der Waals surface area contributed by atoms with Crippen molar-refractivity contribution in [3.8, 4) is 5.75 Å². The van der Waals surface area contributed by atoms with Crippen LogP contribution in [-0.2, 0) is 4.74 Å². The Morgan fingerprint density at radius 3 is 2.88 bits per heavy atom. The molecule has 0 amide bonds. The van der Waals surface area contributed by atoms with Gasteiger partial charge in [-0.25, -0.2) is 0 Å². The van der Waals surface area contributed by atoms with Gasteiger partial charge in [-0.1, -0.05) is 28.9 Å². The number of rotatable bonds is 4. The molecule has 1 aliphatic rings. The summed E-state index contributed by atoms with van der Waals surface area (Å²) in [5.41, 5.74) is 1.15. The fraction of sp³-hybridized carbons (Fsp3) is 0.500. The van der Waals surface area contributed by atoms with E-state index in [2.05, 4.69) is 28.4 Å². The van der Waals surface area contributed by atoms with E-state index in [4.69, 9.17) is 9.47 Å². The van der Waals surface area contributed by atoms with Crippen LogP contribution < -0.4 is 4.74 Å². The molecule has 17 heavy (non-hydrogen) atoms. The Balaban J connectivity index is 1.95. The van der Waals surface area contributed by atoms with Crippen molar-refractivity contribution in [2.75, 3.05) is 19.8 Å². The molecule has 0 unspecified atom stereocenters. The molecule has 0 N–H and O–H groups in total. The van der Waals surface area contributed by atoms with Gasteiger partial charge in [0.15, 0.2) is 0 Å². The Hall–Kier alpha value is -0.540. The molecular formula is C14H18BrO2. The number of hydrogen-bond donors (Lipinski definition) is 0. The van der Waals surface area contributed by atoms with Crippen LogP contribution in [0, 0.1) is 12.3 Å². The summed E-state index contributed by atoms with van der Waals surface area (Å²) in [5.74, 6) is 1.60. The minimum absolute atomic E-state index is 0.632. The number of halogens is 1. The highest BCUT2D eigenvalue weighted by Gasteiger charge is 2.15. The van der Waals surface area contributed by atoms with Crippen LogP contribution in [0.5, 0.6) is 5.75 Å². The van der Waals surface area contributed by atoms with Crippen LogP contribution in [0.1, 0.15) is 25.3 Å². The summed E-state index contributed by atoms with van der Waals surface area (Å²) in [6.45, 7) is 4.57. The average molecular weight is 298 g/mol. The van der Waals surface area contributed by atoms with E-state index in [1.807, 2.05) is 19.1 Å². The summed E-state index contributed by atoms with van der Waals surface area (Å²) >= 11 is 3.48. The molecule has 1 saturated heterocycles. The Morgan fingerprint density at radius 2 is 2.18 bits per heavy atom. The zero-order valence-electron chi connectivity index (χ0n) is 10.1. The summed E-state index contributed by atoms with van der Waals surface area (Å²) in [6, 6.07) is 6.15. The van der Waals surface area contributed by atoms with E-state index in [9.17, 15) is 0 Å². The number of ether oxygens (including phenoxy) is 2. The molecule has 0 aliphatic carbocycles. The molecule has 1 aromatic carbocycles. The van der Waals surface area contributed by atoms with Gasteiger partial charge in [0.2, 0.25) is 0 Å². The van der Waals surface area contributed by atoms with Crippen LogP contribution in [0.4, 0.5) is 0 Å². The number of benzene rings is 1. The number of hydrogen-bond acceptors (Lipinski definition) is 2. The maximum absolute atomic E-state index is 5.93. The molecule has 1 aliphatic heterocycles.